The number of hydrazine groups is 1. The quantitative estimate of drug-likeness (QED) is 0.383. The van der Waals surface area contributed by atoms with Crippen LogP contribution in [0.4, 0.5) is 10.6 Å². The Labute approximate surface area is 111 Å². The molecule has 0 fully saturated rings. The van der Waals surface area contributed by atoms with Gasteiger partial charge in [-0.05, 0) is 32.9 Å². The lowest BCUT2D eigenvalue weighted by atomic mass is 10.2. The van der Waals surface area contributed by atoms with Crippen LogP contribution in [0.25, 0.3) is 0 Å². The fourth-order valence-electron chi connectivity index (χ4n) is 1.21. The van der Waals surface area contributed by atoms with Gasteiger partial charge in [0.05, 0.1) is 5.69 Å². The van der Waals surface area contributed by atoms with E-state index in [0.717, 1.165) is 5.01 Å². The van der Waals surface area contributed by atoms with Crippen molar-refractivity contribution < 1.29 is 19.1 Å². The van der Waals surface area contributed by atoms with Gasteiger partial charge in [0.2, 0.25) is 0 Å². The van der Waals surface area contributed by atoms with Crippen molar-refractivity contribution in [3.63, 3.8) is 0 Å². The molecule has 0 aliphatic carbocycles. The Morgan fingerprint density at radius 1 is 1.47 bits per heavy atom. The molecule has 1 heterocycles. The molecular weight excluding hydrogens is 250 g/mol. The Bertz CT molecular complexity index is 457. The molecule has 0 atom stereocenters. The van der Waals surface area contributed by atoms with Crippen molar-refractivity contribution in [2.75, 3.05) is 5.01 Å². The zero-order valence-electron chi connectivity index (χ0n) is 11.1. The highest BCUT2D eigenvalue weighted by Crippen LogP contribution is 2.14. The molecule has 0 aromatic carbocycles. The zero-order chi connectivity index (χ0) is 14.5. The summed E-state index contributed by atoms with van der Waals surface area (Å²) in [4.78, 5) is 25.9. The topological polar surface area (TPSA) is 94.8 Å². The summed E-state index contributed by atoms with van der Waals surface area (Å²) >= 11 is 0. The predicted octanol–water partition coefficient (Wildman–Crippen LogP) is 1.37. The summed E-state index contributed by atoms with van der Waals surface area (Å²) in [6.07, 6.45) is -0.714. The molecule has 0 bridgehead atoms. The summed E-state index contributed by atoms with van der Waals surface area (Å²) in [5, 5.41) is 0.801. The molecule has 1 aromatic rings. The van der Waals surface area contributed by atoms with E-state index in [0.29, 0.717) is 12.2 Å². The van der Waals surface area contributed by atoms with Crippen molar-refractivity contribution in [1.29, 1.82) is 0 Å². The minimum Gasteiger partial charge on any atom is -0.461 e. The van der Waals surface area contributed by atoms with Crippen LogP contribution in [-0.4, -0.2) is 23.2 Å². The standard InChI is InChI=1S/C12H17N3O4/c1-12(2,3)19-11(17)15(13)10-6-4-5-9(14-10)7-18-8-16/h4-6,8H,7,13H2,1-3H3. The summed E-state index contributed by atoms with van der Waals surface area (Å²) in [7, 11) is 0. The van der Waals surface area contributed by atoms with E-state index in [-0.39, 0.29) is 12.4 Å². The second-order valence-electron chi connectivity index (χ2n) is 4.74. The molecule has 7 heteroatoms. The molecule has 0 aliphatic heterocycles. The van der Waals surface area contributed by atoms with Crippen LogP contribution in [0.1, 0.15) is 26.5 Å². The van der Waals surface area contributed by atoms with Gasteiger partial charge in [0.25, 0.3) is 6.47 Å². The number of hydrogen-bond acceptors (Lipinski definition) is 6. The summed E-state index contributed by atoms with van der Waals surface area (Å²) in [6.45, 7) is 5.55. The van der Waals surface area contributed by atoms with Gasteiger partial charge < -0.3 is 9.47 Å². The van der Waals surface area contributed by atoms with Gasteiger partial charge in [0, 0.05) is 0 Å². The molecule has 0 unspecified atom stereocenters. The highest BCUT2D eigenvalue weighted by molar-refractivity contribution is 5.85. The van der Waals surface area contributed by atoms with E-state index in [2.05, 4.69) is 9.72 Å². The lowest BCUT2D eigenvalue weighted by Crippen LogP contribution is -2.42. The highest BCUT2D eigenvalue weighted by atomic mass is 16.6. The van der Waals surface area contributed by atoms with Gasteiger partial charge in [0.1, 0.15) is 12.2 Å². The van der Waals surface area contributed by atoms with E-state index in [1.807, 2.05) is 0 Å². The normalized spacial score (nSPS) is 10.7. The van der Waals surface area contributed by atoms with Crippen molar-refractivity contribution in [2.24, 2.45) is 5.84 Å². The SMILES string of the molecule is CC(C)(C)OC(=O)N(N)c1cccc(COC=O)n1. The number of amides is 1. The number of nitrogens with zero attached hydrogens (tertiary/aromatic N) is 2. The molecule has 0 radical (unpaired) electrons. The molecule has 2 N–H and O–H groups in total. The molecule has 0 saturated heterocycles. The molecule has 1 rings (SSSR count). The lowest BCUT2D eigenvalue weighted by Gasteiger charge is -2.23. The Hall–Kier alpha value is -2.15. The molecule has 0 saturated carbocycles. The number of hydrogen-bond donors (Lipinski definition) is 1. The lowest BCUT2D eigenvalue weighted by molar-refractivity contribution is -0.129. The van der Waals surface area contributed by atoms with Crippen LogP contribution >= 0.6 is 0 Å². The third kappa shape index (κ3) is 4.92. The Kier molecular flexibility index (Phi) is 4.82. The summed E-state index contributed by atoms with van der Waals surface area (Å²) < 4.78 is 9.69. The molecule has 19 heavy (non-hydrogen) atoms. The summed E-state index contributed by atoms with van der Waals surface area (Å²) in [6, 6.07) is 4.85. The van der Waals surface area contributed by atoms with E-state index in [1.165, 1.54) is 0 Å². The number of carbonyl (C=O) groups excluding carboxylic acids is 2. The zero-order valence-corrected chi connectivity index (χ0v) is 11.1. The first-order valence-corrected chi connectivity index (χ1v) is 5.62. The number of ether oxygens (including phenoxy) is 2. The predicted molar refractivity (Wildman–Crippen MR) is 68.0 cm³/mol. The van der Waals surface area contributed by atoms with E-state index >= 15 is 0 Å². The number of aromatic nitrogens is 1. The highest BCUT2D eigenvalue weighted by Gasteiger charge is 2.22. The molecule has 1 aromatic heterocycles. The van der Waals surface area contributed by atoms with Crippen LogP contribution in [0.3, 0.4) is 0 Å². The molecule has 104 valence electrons. The maximum absolute atomic E-state index is 11.7. The van der Waals surface area contributed by atoms with Gasteiger partial charge in [-0.25, -0.2) is 15.6 Å². The van der Waals surface area contributed by atoms with Gasteiger partial charge in [-0.2, -0.15) is 5.01 Å². The Balaban J connectivity index is 2.78. The minimum atomic E-state index is -0.714. The first-order chi connectivity index (χ1) is 8.83. The van der Waals surface area contributed by atoms with Crippen molar-refractivity contribution in [2.45, 2.75) is 33.0 Å². The Morgan fingerprint density at radius 3 is 2.74 bits per heavy atom. The average Bonchev–Trinajstić information content (AvgIpc) is 2.33. The van der Waals surface area contributed by atoms with Gasteiger partial charge in [-0.15, -0.1) is 0 Å². The van der Waals surface area contributed by atoms with Gasteiger partial charge in [0.15, 0.2) is 5.82 Å². The summed E-state index contributed by atoms with van der Waals surface area (Å²) in [5.41, 5.74) is -0.170. The number of pyridine rings is 1. The fraction of sp³-hybridized carbons (Fsp3) is 0.417. The van der Waals surface area contributed by atoms with Gasteiger partial charge in [-0.3, -0.25) is 4.79 Å². The van der Waals surface area contributed by atoms with Crippen molar-refractivity contribution in [3.8, 4) is 0 Å². The third-order valence-corrected chi connectivity index (χ3v) is 1.93. The minimum absolute atomic E-state index is 0.0134. The fourth-order valence-corrected chi connectivity index (χ4v) is 1.21. The first-order valence-electron chi connectivity index (χ1n) is 5.62. The second kappa shape index (κ2) is 6.14. The van der Waals surface area contributed by atoms with E-state index in [1.54, 1.807) is 39.0 Å². The van der Waals surface area contributed by atoms with Crippen LogP contribution in [0.2, 0.25) is 0 Å². The third-order valence-electron chi connectivity index (χ3n) is 1.93. The Morgan fingerprint density at radius 2 is 2.16 bits per heavy atom. The van der Waals surface area contributed by atoms with Crippen LogP contribution in [-0.2, 0) is 20.9 Å². The average molecular weight is 267 g/mol. The van der Waals surface area contributed by atoms with Crippen LogP contribution in [0.15, 0.2) is 18.2 Å². The van der Waals surface area contributed by atoms with Gasteiger partial charge in [-0.1, -0.05) is 6.07 Å². The molecule has 1 amide bonds. The van der Waals surface area contributed by atoms with E-state index in [9.17, 15) is 9.59 Å². The van der Waals surface area contributed by atoms with Crippen molar-refractivity contribution in [3.05, 3.63) is 23.9 Å². The van der Waals surface area contributed by atoms with Crippen molar-refractivity contribution >= 4 is 18.4 Å². The monoisotopic (exact) mass is 267 g/mol. The maximum atomic E-state index is 11.7. The smallest absolute Gasteiger partial charge is 0.430 e. The van der Waals surface area contributed by atoms with E-state index in [4.69, 9.17) is 10.6 Å². The first kappa shape index (κ1) is 14.9. The molecule has 7 nitrogen and oxygen atoms in total. The number of nitrogens with two attached hydrogens (primary N) is 1. The largest absolute Gasteiger partial charge is 0.461 e. The number of carbonyl (C=O) groups is 2. The second-order valence-corrected chi connectivity index (χ2v) is 4.74. The molecule has 0 spiro atoms. The van der Waals surface area contributed by atoms with E-state index < -0.39 is 11.7 Å². The molecule has 0 aliphatic rings. The van der Waals surface area contributed by atoms with Crippen LogP contribution in [0.5, 0.6) is 0 Å². The van der Waals surface area contributed by atoms with Crippen molar-refractivity contribution in [1.82, 2.24) is 4.98 Å². The summed E-state index contributed by atoms with van der Waals surface area (Å²) in [5.74, 6) is 5.84. The van der Waals surface area contributed by atoms with Crippen LogP contribution < -0.4 is 10.9 Å². The van der Waals surface area contributed by atoms with Gasteiger partial charge >= 0.3 is 6.09 Å². The number of rotatable bonds is 4. The maximum Gasteiger partial charge on any atom is 0.430 e. The number of anilines is 1. The molecular formula is C12H17N3O4. The van der Waals surface area contributed by atoms with Crippen LogP contribution in [0, 0.1) is 0 Å².